The number of benzene rings is 1. The minimum atomic E-state index is -3.22. The number of aryl methyl sites for hydroxylation is 1. The molecule has 0 saturated carbocycles. The van der Waals surface area contributed by atoms with E-state index in [4.69, 9.17) is 10.2 Å². The SMILES string of the molecule is CC(C)(N)CCc1nc2cc(S(C)(=O)=O)ccc2o1. The molecule has 0 atom stereocenters. The van der Waals surface area contributed by atoms with E-state index in [-0.39, 0.29) is 10.4 Å². The first-order valence-electron chi connectivity index (χ1n) is 6.03. The van der Waals surface area contributed by atoms with Crippen LogP contribution in [-0.2, 0) is 16.3 Å². The summed E-state index contributed by atoms with van der Waals surface area (Å²) in [4.78, 5) is 4.55. The van der Waals surface area contributed by atoms with Gasteiger partial charge in [-0.3, -0.25) is 0 Å². The van der Waals surface area contributed by atoms with Crippen molar-refractivity contribution < 1.29 is 12.8 Å². The fourth-order valence-corrected chi connectivity index (χ4v) is 2.36. The highest BCUT2D eigenvalue weighted by molar-refractivity contribution is 7.90. The molecule has 0 bridgehead atoms. The van der Waals surface area contributed by atoms with Gasteiger partial charge in [0, 0.05) is 18.2 Å². The maximum atomic E-state index is 11.5. The Labute approximate surface area is 112 Å². The van der Waals surface area contributed by atoms with E-state index in [2.05, 4.69) is 4.98 Å². The average molecular weight is 282 g/mol. The van der Waals surface area contributed by atoms with E-state index in [0.717, 1.165) is 6.42 Å². The summed E-state index contributed by atoms with van der Waals surface area (Å²) in [6, 6.07) is 4.69. The van der Waals surface area contributed by atoms with E-state index in [1.165, 1.54) is 18.4 Å². The van der Waals surface area contributed by atoms with Gasteiger partial charge in [0.25, 0.3) is 0 Å². The second kappa shape index (κ2) is 4.61. The number of rotatable bonds is 4. The molecule has 1 aromatic carbocycles. The number of hydrogen-bond acceptors (Lipinski definition) is 5. The molecule has 1 heterocycles. The Kier molecular flexibility index (Phi) is 3.40. The number of oxazole rings is 1. The Morgan fingerprint density at radius 3 is 2.63 bits per heavy atom. The van der Waals surface area contributed by atoms with Gasteiger partial charge < -0.3 is 10.2 Å². The van der Waals surface area contributed by atoms with Crippen LogP contribution in [0.25, 0.3) is 11.1 Å². The maximum absolute atomic E-state index is 11.5. The molecule has 5 nitrogen and oxygen atoms in total. The quantitative estimate of drug-likeness (QED) is 0.925. The third-order valence-electron chi connectivity index (χ3n) is 2.81. The highest BCUT2D eigenvalue weighted by Crippen LogP contribution is 2.21. The van der Waals surface area contributed by atoms with E-state index in [9.17, 15) is 8.42 Å². The number of aromatic nitrogens is 1. The number of fused-ring (bicyclic) bond motifs is 1. The molecule has 104 valence electrons. The van der Waals surface area contributed by atoms with Gasteiger partial charge in [0.1, 0.15) is 5.52 Å². The van der Waals surface area contributed by atoms with Crippen LogP contribution in [0.5, 0.6) is 0 Å². The third-order valence-corrected chi connectivity index (χ3v) is 3.92. The van der Waals surface area contributed by atoms with Crippen molar-refractivity contribution in [3.63, 3.8) is 0 Å². The van der Waals surface area contributed by atoms with Gasteiger partial charge >= 0.3 is 0 Å². The zero-order valence-electron chi connectivity index (χ0n) is 11.3. The summed E-state index contributed by atoms with van der Waals surface area (Å²) >= 11 is 0. The zero-order chi connectivity index (χ0) is 14.3. The van der Waals surface area contributed by atoms with Crippen molar-refractivity contribution in [2.24, 2.45) is 5.73 Å². The van der Waals surface area contributed by atoms with Crippen LogP contribution >= 0.6 is 0 Å². The van der Waals surface area contributed by atoms with Crippen molar-refractivity contribution >= 4 is 20.9 Å². The molecule has 19 heavy (non-hydrogen) atoms. The number of nitrogens with two attached hydrogens (primary N) is 1. The highest BCUT2D eigenvalue weighted by atomic mass is 32.2. The summed E-state index contributed by atoms with van der Waals surface area (Å²) in [7, 11) is -3.22. The van der Waals surface area contributed by atoms with Gasteiger partial charge in [-0.15, -0.1) is 0 Å². The summed E-state index contributed by atoms with van der Waals surface area (Å²) in [5, 5.41) is 0. The molecule has 2 N–H and O–H groups in total. The third kappa shape index (κ3) is 3.54. The molecule has 2 rings (SSSR count). The van der Waals surface area contributed by atoms with E-state index in [0.29, 0.717) is 23.4 Å². The van der Waals surface area contributed by atoms with Crippen LogP contribution in [0.2, 0.25) is 0 Å². The summed E-state index contributed by atoms with van der Waals surface area (Å²) in [6.45, 7) is 3.88. The Balaban J connectivity index is 2.31. The van der Waals surface area contributed by atoms with E-state index < -0.39 is 9.84 Å². The smallest absolute Gasteiger partial charge is 0.195 e. The molecule has 0 fully saturated rings. The standard InChI is InChI=1S/C13H18N2O3S/c1-13(2,14)7-6-12-15-10-8-9(19(3,16)17)4-5-11(10)18-12/h4-5,8H,6-7,14H2,1-3H3. The van der Waals surface area contributed by atoms with Gasteiger partial charge in [0.2, 0.25) is 0 Å². The highest BCUT2D eigenvalue weighted by Gasteiger charge is 2.15. The monoisotopic (exact) mass is 282 g/mol. The fourth-order valence-electron chi connectivity index (χ4n) is 1.72. The average Bonchev–Trinajstić information content (AvgIpc) is 2.65. The molecule has 0 aliphatic rings. The lowest BCUT2D eigenvalue weighted by molar-refractivity contribution is 0.435. The van der Waals surface area contributed by atoms with Crippen molar-refractivity contribution in [2.75, 3.05) is 6.26 Å². The molecule has 6 heteroatoms. The molecule has 0 radical (unpaired) electrons. The van der Waals surface area contributed by atoms with Crippen molar-refractivity contribution in [1.29, 1.82) is 0 Å². The molecular formula is C13H18N2O3S. The van der Waals surface area contributed by atoms with Gasteiger partial charge in [-0.25, -0.2) is 13.4 Å². The van der Waals surface area contributed by atoms with Crippen molar-refractivity contribution in [3.8, 4) is 0 Å². The summed E-state index contributed by atoms with van der Waals surface area (Å²) in [5.74, 6) is 0.583. The minimum Gasteiger partial charge on any atom is -0.441 e. The molecular weight excluding hydrogens is 264 g/mol. The summed E-state index contributed by atoms with van der Waals surface area (Å²) < 4.78 is 28.5. The Morgan fingerprint density at radius 1 is 1.37 bits per heavy atom. The van der Waals surface area contributed by atoms with Crippen LogP contribution in [0.4, 0.5) is 0 Å². The van der Waals surface area contributed by atoms with Gasteiger partial charge in [0.15, 0.2) is 21.3 Å². The van der Waals surface area contributed by atoms with Gasteiger partial charge in [-0.2, -0.15) is 0 Å². The molecule has 0 amide bonds. The Bertz CT molecular complexity index is 696. The number of sulfone groups is 1. The topological polar surface area (TPSA) is 86.2 Å². The van der Waals surface area contributed by atoms with Crippen molar-refractivity contribution in [3.05, 3.63) is 24.1 Å². The van der Waals surface area contributed by atoms with Gasteiger partial charge in [-0.05, 0) is 38.5 Å². The predicted octanol–water partition coefficient (Wildman–Crippen LogP) is 1.90. The molecule has 0 saturated heterocycles. The molecule has 0 unspecified atom stereocenters. The maximum Gasteiger partial charge on any atom is 0.195 e. The molecule has 0 spiro atoms. The molecule has 2 aromatic rings. The molecule has 0 aliphatic heterocycles. The van der Waals surface area contributed by atoms with Crippen LogP contribution in [-0.4, -0.2) is 25.2 Å². The lowest BCUT2D eigenvalue weighted by Crippen LogP contribution is -2.32. The van der Waals surface area contributed by atoms with Crippen molar-refractivity contribution in [2.45, 2.75) is 37.1 Å². The van der Waals surface area contributed by atoms with E-state index in [1.807, 2.05) is 13.8 Å². The number of nitrogens with zero attached hydrogens (tertiary/aromatic N) is 1. The lowest BCUT2D eigenvalue weighted by Gasteiger charge is -2.16. The summed E-state index contributed by atoms with van der Waals surface area (Å²) in [6.07, 6.45) is 2.55. The van der Waals surface area contributed by atoms with E-state index in [1.54, 1.807) is 6.07 Å². The first-order valence-corrected chi connectivity index (χ1v) is 7.93. The van der Waals surface area contributed by atoms with Crippen molar-refractivity contribution in [1.82, 2.24) is 4.98 Å². The van der Waals surface area contributed by atoms with E-state index >= 15 is 0 Å². The fraction of sp³-hybridized carbons (Fsp3) is 0.462. The number of hydrogen-bond donors (Lipinski definition) is 1. The second-order valence-corrected chi connectivity index (χ2v) is 7.51. The van der Waals surface area contributed by atoms with Crippen LogP contribution < -0.4 is 5.73 Å². The van der Waals surface area contributed by atoms with Crippen LogP contribution in [0, 0.1) is 0 Å². The minimum absolute atomic E-state index is 0.249. The first kappa shape index (κ1) is 14.0. The Morgan fingerprint density at radius 2 is 2.05 bits per heavy atom. The Hall–Kier alpha value is -1.40. The van der Waals surface area contributed by atoms with Crippen LogP contribution in [0.1, 0.15) is 26.2 Å². The largest absolute Gasteiger partial charge is 0.441 e. The zero-order valence-corrected chi connectivity index (χ0v) is 12.1. The summed E-state index contributed by atoms with van der Waals surface area (Å²) in [5.41, 5.74) is 6.79. The van der Waals surface area contributed by atoms with Gasteiger partial charge in [0.05, 0.1) is 4.90 Å². The predicted molar refractivity (Wildman–Crippen MR) is 73.7 cm³/mol. The first-order chi connectivity index (χ1) is 8.65. The second-order valence-electron chi connectivity index (χ2n) is 5.50. The lowest BCUT2D eigenvalue weighted by atomic mass is 10.0. The van der Waals surface area contributed by atoms with Gasteiger partial charge in [-0.1, -0.05) is 0 Å². The molecule has 0 aliphatic carbocycles. The molecule has 1 aromatic heterocycles. The normalized spacial score (nSPS) is 13.1. The van der Waals surface area contributed by atoms with Crippen LogP contribution in [0.15, 0.2) is 27.5 Å². The van der Waals surface area contributed by atoms with Crippen LogP contribution in [0.3, 0.4) is 0 Å².